The van der Waals surface area contributed by atoms with Crippen LogP contribution in [0.15, 0.2) is 83.5 Å². The summed E-state index contributed by atoms with van der Waals surface area (Å²) in [5.74, 6) is 0.161. The number of carbonyl (C=O) groups excluding carboxylic acids is 4. The van der Waals surface area contributed by atoms with Crippen molar-refractivity contribution in [2.75, 3.05) is 68.5 Å². The molecule has 2 aromatic heterocycles. The van der Waals surface area contributed by atoms with Crippen molar-refractivity contribution in [1.29, 1.82) is 0 Å². The van der Waals surface area contributed by atoms with Gasteiger partial charge in [0.15, 0.2) is 9.84 Å². The zero-order chi connectivity index (χ0) is 56.4. The van der Waals surface area contributed by atoms with Crippen molar-refractivity contribution in [3.8, 4) is 16.2 Å². The third-order valence-electron chi connectivity index (χ3n) is 15.1. The average molecular weight is 1120 g/mol. The van der Waals surface area contributed by atoms with Crippen molar-refractivity contribution in [2.45, 2.75) is 134 Å². The van der Waals surface area contributed by atoms with Crippen LogP contribution < -0.4 is 30.9 Å². The van der Waals surface area contributed by atoms with Gasteiger partial charge in [-0.15, -0.1) is 11.3 Å². The van der Waals surface area contributed by atoms with Crippen LogP contribution in [-0.4, -0.2) is 154 Å². The maximum atomic E-state index is 14.1. The topological polar surface area (TPSA) is 245 Å². The predicted octanol–water partition coefficient (Wildman–Crippen LogP) is 6.85. The van der Waals surface area contributed by atoms with Gasteiger partial charge >= 0.3 is 0 Å². The number of ether oxygens (including phenoxy) is 1. The minimum absolute atomic E-state index is 0.00180. The molecule has 4 amide bonds. The van der Waals surface area contributed by atoms with E-state index < -0.39 is 44.6 Å². The van der Waals surface area contributed by atoms with Crippen molar-refractivity contribution in [2.24, 2.45) is 5.41 Å². The molecule has 3 aliphatic heterocycles. The van der Waals surface area contributed by atoms with Crippen LogP contribution in [-0.2, 0) is 35.6 Å². The molecule has 5 heterocycles. The first-order chi connectivity index (χ1) is 37.8. The number of para-hydroxylation sites is 1. The van der Waals surface area contributed by atoms with E-state index in [1.165, 1.54) is 11.2 Å². The van der Waals surface area contributed by atoms with Crippen molar-refractivity contribution >= 4 is 73.8 Å². The number of nitrogens with one attached hydrogen (secondary N) is 4. The lowest BCUT2D eigenvalue weighted by Gasteiger charge is -2.43. The van der Waals surface area contributed by atoms with Crippen LogP contribution in [0.2, 0.25) is 0 Å². The molecule has 8 rings (SSSR count). The second-order valence-electron chi connectivity index (χ2n) is 22.0. The number of β-amino-alcohol motifs (C(OH)–C–C–N with tert-alkyl or cyclic N) is 1. The van der Waals surface area contributed by atoms with E-state index >= 15 is 0 Å². The number of anilines is 5. The summed E-state index contributed by atoms with van der Waals surface area (Å²) in [4.78, 5) is 81.1. The fraction of sp³-hybridized carbons (Fsp3) is 0.509. The Morgan fingerprint density at radius 2 is 1.53 bits per heavy atom. The van der Waals surface area contributed by atoms with Gasteiger partial charge in [-0.1, -0.05) is 63.6 Å². The number of aliphatic hydroxyl groups excluding tert-OH is 1. The van der Waals surface area contributed by atoms with E-state index in [0.717, 1.165) is 66.4 Å². The molecular weight excluding hydrogens is 1040 g/mol. The summed E-state index contributed by atoms with van der Waals surface area (Å²) in [5.41, 5.74) is 6.14. The third kappa shape index (κ3) is 14.7. The van der Waals surface area contributed by atoms with Crippen LogP contribution in [0, 0.1) is 12.3 Å². The van der Waals surface area contributed by atoms with E-state index in [1.807, 2.05) is 80.6 Å². The first kappa shape index (κ1) is 58.4. The Balaban J connectivity index is 0.729. The highest BCUT2D eigenvalue weighted by atomic mass is 32.2. The number of unbranched alkanes of at least 4 members (excludes halogenated alkanes) is 2. The van der Waals surface area contributed by atoms with Crippen LogP contribution in [0.1, 0.15) is 97.2 Å². The van der Waals surface area contributed by atoms with Gasteiger partial charge in [-0.25, -0.2) is 23.4 Å². The molecule has 3 aromatic carbocycles. The molecule has 79 heavy (non-hydrogen) atoms. The Kier molecular flexibility index (Phi) is 19.2. The maximum Gasteiger partial charge on any atom is 0.246 e. The number of amides is 4. The fourth-order valence-electron chi connectivity index (χ4n) is 10.4. The predicted molar refractivity (Wildman–Crippen MR) is 306 cm³/mol. The molecule has 22 heteroatoms. The zero-order valence-electron chi connectivity index (χ0n) is 46.4. The lowest BCUT2D eigenvalue weighted by atomic mass is 9.85. The van der Waals surface area contributed by atoms with Gasteiger partial charge in [-0.05, 0) is 87.3 Å². The molecule has 3 atom stereocenters. The molecule has 424 valence electrons. The van der Waals surface area contributed by atoms with Crippen LogP contribution >= 0.6 is 11.3 Å². The number of likely N-dealkylation sites (tertiary alicyclic amines) is 1. The highest BCUT2D eigenvalue weighted by molar-refractivity contribution is 7.92. The summed E-state index contributed by atoms with van der Waals surface area (Å²) in [6.07, 6.45) is 5.10. The monoisotopic (exact) mass is 1120 g/mol. The molecule has 0 aliphatic carbocycles. The Labute approximate surface area is 468 Å². The SMILES string of the molecule is COc1cc(N2CCC(N3CCN(C(=O)CCCCCC(=O)NC(C(=O)N4C[C@H](O)C[C@H]4C(=O)NCc4ccc(-c5scnc5C)cc4)C(C)(C)C)CC3)CC2)ccc1Nc1ncnc(Nc2ccccc2S(=O)(=O)C(C)C)n1. The molecule has 5 aromatic rings. The molecule has 3 saturated heterocycles. The quantitative estimate of drug-likeness (QED) is 0.0472. The number of methoxy groups -OCH3 is 1. The second kappa shape index (κ2) is 26.0. The number of sulfone groups is 1. The van der Waals surface area contributed by atoms with Gasteiger partial charge in [0.05, 0.1) is 50.8 Å². The highest BCUT2D eigenvalue weighted by Gasteiger charge is 2.44. The summed E-state index contributed by atoms with van der Waals surface area (Å²) in [5, 5.41) is 22.2. The van der Waals surface area contributed by atoms with Crippen molar-refractivity contribution in [1.82, 2.24) is 45.3 Å². The maximum absolute atomic E-state index is 14.1. The van der Waals surface area contributed by atoms with Crippen molar-refractivity contribution < 1.29 is 37.4 Å². The largest absolute Gasteiger partial charge is 0.494 e. The van der Waals surface area contributed by atoms with Gasteiger partial charge in [-0.3, -0.25) is 24.1 Å². The Morgan fingerprint density at radius 3 is 2.19 bits per heavy atom. The van der Waals surface area contributed by atoms with E-state index in [4.69, 9.17) is 4.74 Å². The minimum atomic E-state index is -3.56. The molecule has 0 spiro atoms. The number of hydrogen-bond acceptors (Lipinski definition) is 17. The van der Waals surface area contributed by atoms with E-state index in [2.05, 4.69) is 51.0 Å². The lowest BCUT2D eigenvalue weighted by molar-refractivity contribution is -0.144. The molecule has 0 bridgehead atoms. The number of rotatable bonds is 21. The number of aryl methyl sites for hydroxylation is 1. The van der Waals surface area contributed by atoms with Gasteiger partial charge in [-0.2, -0.15) is 4.98 Å². The number of aliphatic hydroxyl groups is 1. The number of thiazole rings is 1. The van der Waals surface area contributed by atoms with Crippen LogP contribution in [0.3, 0.4) is 0 Å². The summed E-state index contributed by atoms with van der Waals surface area (Å²) in [6, 6.07) is 19.2. The van der Waals surface area contributed by atoms with Crippen LogP contribution in [0.4, 0.5) is 29.0 Å². The normalized spacial score (nSPS) is 17.9. The van der Waals surface area contributed by atoms with E-state index in [9.17, 15) is 32.7 Å². The molecule has 20 nitrogen and oxygen atoms in total. The van der Waals surface area contributed by atoms with Gasteiger partial charge < -0.3 is 45.8 Å². The molecule has 5 N–H and O–H groups in total. The van der Waals surface area contributed by atoms with Gasteiger partial charge in [0, 0.05) is 89.4 Å². The summed E-state index contributed by atoms with van der Waals surface area (Å²) < 4.78 is 31.8. The van der Waals surface area contributed by atoms with E-state index in [-0.39, 0.29) is 60.4 Å². The van der Waals surface area contributed by atoms with Gasteiger partial charge in [0.1, 0.15) is 24.2 Å². The number of nitrogens with zero attached hydrogens (tertiary/aromatic N) is 8. The molecule has 3 fully saturated rings. The number of benzene rings is 3. The van der Waals surface area contributed by atoms with Gasteiger partial charge in [0.25, 0.3) is 0 Å². The Hall–Kier alpha value is -6.75. The van der Waals surface area contributed by atoms with Crippen molar-refractivity contribution in [3.63, 3.8) is 0 Å². The highest BCUT2D eigenvalue weighted by Crippen LogP contribution is 2.35. The molecule has 0 saturated carbocycles. The number of piperazine rings is 1. The van der Waals surface area contributed by atoms with Crippen LogP contribution in [0.5, 0.6) is 5.75 Å². The lowest BCUT2D eigenvalue weighted by Crippen LogP contribution is -2.57. The van der Waals surface area contributed by atoms with E-state index in [0.29, 0.717) is 61.9 Å². The smallest absolute Gasteiger partial charge is 0.246 e. The number of carbonyl (C=O) groups is 4. The minimum Gasteiger partial charge on any atom is -0.494 e. The number of piperidine rings is 1. The summed E-state index contributed by atoms with van der Waals surface area (Å²) in [6.45, 7) is 15.9. The molecule has 3 aliphatic rings. The fourth-order valence-corrected chi connectivity index (χ4v) is 12.5. The standard InChI is InChI=1S/C57H76N12O8S2/c1-37(2)79(75,76)48-14-12-11-13-45(48)63-56-60-35-59-55(65-56)62-44-22-21-42(31-47(44)77-7)66-25-23-41(24-26-66)67-27-29-68(30-28-67)50(72)16-10-8-9-15-49(71)64-52(57(4,5)6)54(74)69-34-43(70)32-46(69)53(73)58-33-39-17-19-40(20-18-39)51-38(3)61-36-78-51/h11-14,17-22,31,35-37,41,43,46,52,70H,8-10,15-16,23-30,32-34H2,1-7H3,(H,58,73)(H,64,71)(H2,59,60,62,63,65)/t43-,46+,52?/m1/s1. The zero-order valence-corrected chi connectivity index (χ0v) is 48.0. The summed E-state index contributed by atoms with van der Waals surface area (Å²) >= 11 is 1.57. The average Bonchev–Trinajstić information content (AvgIpc) is 4.08. The first-order valence-corrected chi connectivity index (χ1v) is 29.8. The second-order valence-corrected chi connectivity index (χ2v) is 25.3. The molecule has 0 radical (unpaired) electrons. The number of aromatic nitrogens is 4. The first-order valence-electron chi connectivity index (χ1n) is 27.3. The van der Waals surface area contributed by atoms with Crippen LogP contribution in [0.25, 0.3) is 10.4 Å². The van der Waals surface area contributed by atoms with Crippen molar-refractivity contribution in [3.05, 3.63) is 89.8 Å². The Bertz CT molecular complexity index is 3030. The summed E-state index contributed by atoms with van der Waals surface area (Å²) in [7, 11) is -1.94. The molecular formula is C57H76N12O8S2. The number of hydrogen-bond donors (Lipinski definition) is 5. The Morgan fingerprint density at radius 1 is 0.848 bits per heavy atom. The third-order valence-corrected chi connectivity index (χ3v) is 18.3. The van der Waals surface area contributed by atoms with Gasteiger partial charge in [0.2, 0.25) is 35.5 Å². The molecule has 1 unspecified atom stereocenters. The van der Waals surface area contributed by atoms with E-state index in [1.54, 1.807) is 56.6 Å².